The van der Waals surface area contributed by atoms with E-state index >= 15 is 0 Å². The molecule has 3 rings (SSSR count). The Hall–Kier alpha value is -1.68. The van der Waals surface area contributed by atoms with Gasteiger partial charge in [0.1, 0.15) is 11.0 Å². The molecule has 1 aromatic rings. The molecule has 2 aliphatic rings. The van der Waals surface area contributed by atoms with Crippen LogP contribution in [0.4, 0.5) is 0 Å². The number of sulfonamides is 1. The van der Waals surface area contributed by atoms with Gasteiger partial charge in [0.2, 0.25) is 10.0 Å². The highest BCUT2D eigenvalue weighted by molar-refractivity contribution is 7.89. The van der Waals surface area contributed by atoms with E-state index in [0.717, 1.165) is 5.56 Å². The monoisotopic (exact) mass is 396 g/mol. The van der Waals surface area contributed by atoms with Crippen molar-refractivity contribution in [3.63, 3.8) is 0 Å². The molecule has 27 heavy (non-hydrogen) atoms. The van der Waals surface area contributed by atoms with Gasteiger partial charge in [0.25, 0.3) is 5.91 Å². The van der Waals surface area contributed by atoms with E-state index in [1.165, 1.54) is 4.31 Å². The minimum atomic E-state index is -3.43. The Kier molecular flexibility index (Phi) is 6.05. The number of nitrogens with zero attached hydrogens (tertiary/aromatic N) is 2. The molecule has 2 atom stereocenters. The normalized spacial score (nSPS) is 26.9. The molecule has 2 saturated heterocycles. The van der Waals surface area contributed by atoms with Crippen LogP contribution in [0.1, 0.15) is 19.4 Å². The average Bonchev–Trinajstić information content (AvgIpc) is 3.00. The van der Waals surface area contributed by atoms with Gasteiger partial charge in [-0.25, -0.2) is 8.42 Å². The summed E-state index contributed by atoms with van der Waals surface area (Å²) in [6.45, 7) is 7.00. The number of carbonyl (C=O) groups excluding carboxylic acids is 1. The third kappa shape index (κ3) is 4.26. The lowest BCUT2D eigenvalue weighted by atomic mass is 10.2. The minimum absolute atomic E-state index is 0.0395. The van der Waals surface area contributed by atoms with Crippen molar-refractivity contribution in [2.45, 2.75) is 38.1 Å². The highest BCUT2D eigenvalue weighted by Gasteiger charge is 2.44. The molecule has 0 bridgehead atoms. The van der Waals surface area contributed by atoms with Crippen molar-refractivity contribution in [3.05, 3.63) is 29.8 Å². The number of aryl methyl sites for hydroxylation is 1. The largest absolute Gasteiger partial charge is 0.484 e. The highest BCUT2D eigenvalue weighted by atomic mass is 32.2. The number of para-hydroxylation sites is 1. The second-order valence-corrected chi connectivity index (χ2v) is 9.30. The zero-order valence-electron chi connectivity index (χ0n) is 16.0. The maximum Gasteiger partial charge on any atom is 0.260 e. The number of rotatable bonds is 5. The van der Waals surface area contributed by atoms with Gasteiger partial charge in [-0.2, -0.15) is 4.31 Å². The molecule has 0 spiro atoms. The maximum atomic E-state index is 13.0. The summed E-state index contributed by atoms with van der Waals surface area (Å²) in [7, 11) is -3.43. The zero-order chi connectivity index (χ0) is 19.6. The molecule has 2 aliphatic heterocycles. The van der Waals surface area contributed by atoms with Crippen LogP contribution in [-0.4, -0.2) is 73.6 Å². The number of hydrogen-bond donors (Lipinski definition) is 2. The first-order chi connectivity index (χ1) is 12.8. The number of carbonyl (C=O) groups is 1. The molecule has 2 N–H and O–H groups in total. The van der Waals surface area contributed by atoms with E-state index in [0.29, 0.717) is 31.9 Å². The summed E-state index contributed by atoms with van der Waals surface area (Å²) in [5, 5.41) is -0.510. The Labute approximate surface area is 160 Å². The maximum absolute atomic E-state index is 13.0. The summed E-state index contributed by atoms with van der Waals surface area (Å²) < 4.78 is 33.0. The van der Waals surface area contributed by atoms with Crippen molar-refractivity contribution in [1.29, 1.82) is 0 Å². The van der Waals surface area contributed by atoms with Crippen molar-refractivity contribution >= 4 is 15.9 Å². The van der Waals surface area contributed by atoms with Crippen molar-refractivity contribution in [3.8, 4) is 5.75 Å². The molecular weight excluding hydrogens is 368 g/mol. The van der Waals surface area contributed by atoms with Crippen LogP contribution in [0.2, 0.25) is 0 Å². The summed E-state index contributed by atoms with van der Waals surface area (Å²) in [5.41, 5.74) is 6.96. The number of piperazine rings is 1. The van der Waals surface area contributed by atoms with Gasteiger partial charge >= 0.3 is 0 Å². The Bertz CT molecular complexity index is 767. The number of benzene rings is 1. The van der Waals surface area contributed by atoms with Crippen LogP contribution < -0.4 is 15.6 Å². The highest BCUT2D eigenvalue weighted by Crippen LogP contribution is 2.21. The fraction of sp³-hybridized carbons (Fsp3) is 0.611. The van der Waals surface area contributed by atoms with E-state index in [1.54, 1.807) is 4.90 Å². The number of amides is 1. The minimum Gasteiger partial charge on any atom is -0.484 e. The first kappa shape index (κ1) is 20.1. The summed E-state index contributed by atoms with van der Waals surface area (Å²) in [6.07, 6.45) is 0. The molecule has 0 radical (unpaired) electrons. The second-order valence-electron chi connectivity index (χ2n) is 7.21. The van der Waals surface area contributed by atoms with E-state index in [-0.39, 0.29) is 24.6 Å². The van der Waals surface area contributed by atoms with Gasteiger partial charge < -0.3 is 9.64 Å². The van der Waals surface area contributed by atoms with Crippen LogP contribution in [0.15, 0.2) is 24.3 Å². The average molecular weight is 397 g/mol. The summed E-state index contributed by atoms with van der Waals surface area (Å²) in [5.74, 6) is 0.567. The van der Waals surface area contributed by atoms with Gasteiger partial charge in [0, 0.05) is 38.3 Å². The van der Waals surface area contributed by atoms with Crippen LogP contribution in [0.5, 0.6) is 5.75 Å². The van der Waals surface area contributed by atoms with Crippen molar-refractivity contribution in [2.75, 3.05) is 32.8 Å². The molecule has 0 aliphatic carbocycles. The second kappa shape index (κ2) is 8.14. The Morgan fingerprint density at radius 3 is 2.30 bits per heavy atom. The van der Waals surface area contributed by atoms with Gasteiger partial charge in [0.05, 0.1) is 0 Å². The number of hydrogen-bond acceptors (Lipinski definition) is 6. The number of nitrogens with one attached hydrogen (secondary N) is 2. The molecule has 2 fully saturated rings. The predicted molar refractivity (Wildman–Crippen MR) is 103 cm³/mol. The third-order valence-corrected chi connectivity index (χ3v) is 7.85. The van der Waals surface area contributed by atoms with E-state index in [4.69, 9.17) is 4.74 Å². The predicted octanol–water partition coefficient (Wildman–Crippen LogP) is 0.101. The molecule has 0 saturated carbocycles. The third-order valence-electron chi connectivity index (χ3n) is 5.26. The van der Waals surface area contributed by atoms with E-state index in [9.17, 15) is 13.2 Å². The molecule has 1 amide bonds. The van der Waals surface area contributed by atoms with Crippen LogP contribution in [0.25, 0.3) is 0 Å². The molecule has 1 aromatic carbocycles. The Morgan fingerprint density at radius 1 is 1.11 bits per heavy atom. The molecule has 150 valence electrons. The number of ether oxygens (including phenoxy) is 1. The molecule has 2 heterocycles. The van der Waals surface area contributed by atoms with Gasteiger partial charge in [-0.1, -0.05) is 18.2 Å². The van der Waals surface area contributed by atoms with E-state index in [1.807, 2.05) is 45.0 Å². The molecule has 0 aromatic heterocycles. The van der Waals surface area contributed by atoms with Crippen LogP contribution in [-0.2, 0) is 14.8 Å². The smallest absolute Gasteiger partial charge is 0.260 e. The number of hydrazine groups is 1. The van der Waals surface area contributed by atoms with Gasteiger partial charge in [0.15, 0.2) is 6.61 Å². The van der Waals surface area contributed by atoms with E-state index < -0.39 is 15.3 Å². The zero-order valence-corrected chi connectivity index (χ0v) is 16.8. The van der Waals surface area contributed by atoms with Crippen molar-refractivity contribution < 1.29 is 17.9 Å². The molecule has 2 unspecified atom stereocenters. The van der Waals surface area contributed by atoms with Crippen LogP contribution in [0, 0.1) is 6.92 Å². The SMILES string of the molecule is Cc1ccccc1OCC(=O)N1CCN(S(=O)(=O)C2C(C)NNC2C)CC1. The van der Waals surface area contributed by atoms with E-state index in [2.05, 4.69) is 10.9 Å². The Morgan fingerprint density at radius 2 is 1.70 bits per heavy atom. The van der Waals surface area contributed by atoms with Crippen LogP contribution >= 0.6 is 0 Å². The van der Waals surface area contributed by atoms with Gasteiger partial charge in [-0.3, -0.25) is 15.6 Å². The molecule has 9 heteroatoms. The molecular formula is C18H28N4O4S. The van der Waals surface area contributed by atoms with Crippen LogP contribution in [0.3, 0.4) is 0 Å². The summed E-state index contributed by atoms with van der Waals surface area (Å²) in [4.78, 5) is 14.1. The molecule has 8 nitrogen and oxygen atoms in total. The lowest BCUT2D eigenvalue weighted by molar-refractivity contribution is -0.134. The Balaban J connectivity index is 1.54. The lowest BCUT2D eigenvalue weighted by Crippen LogP contribution is -2.55. The fourth-order valence-electron chi connectivity index (χ4n) is 3.69. The summed E-state index contributed by atoms with van der Waals surface area (Å²) in [6, 6.07) is 7.22. The first-order valence-electron chi connectivity index (χ1n) is 9.27. The fourth-order valence-corrected chi connectivity index (χ4v) is 5.87. The quantitative estimate of drug-likeness (QED) is 0.734. The lowest BCUT2D eigenvalue weighted by Gasteiger charge is -2.36. The van der Waals surface area contributed by atoms with Crippen molar-refractivity contribution in [1.82, 2.24) is 20.1 Å². The standard InChI is InChI=1S/C18H28N4O4S/c1-13-6-4-5-7-16(13)26-12-17(23)21-8-10-22(11-9-21)27(24,25)18-14(2)19-20-15(18)3/h4-7,14-15,18-20H,8-12H2,1-3H3. The van der Waals surface area contributed by atoms with Gasteiger partial charge in [-0.05, 0) is 32.4 Å². The van der Waals surface area contributed by atoms with Gasteiger partial charge in [-0.15, -0.1) is 0 Å². The van der Waals surface area contributed by atoms with Crippen molar-refractivity contribution in [2.24, 2.45) is 0 Å². The summed E-state index contributed by atoms with van der Waals surface area (Å²) >= 11 is 0. The first-order valence-corrected chi connectivity index (χ1v) is 10.8. The topological polar surface area (TPSA) is 91.0 Å².